The standard InChI is InChI=1S/C12H12BrNO/c1-7(8(2)15)12-6-9-5-10(13)3-4-11(9)14-12/h3-7,14-15H,2H2,1H3. The molecule has 2 rings (SSSR count). The van der Waals surface area contributed by atoms with E-state index in [1.54, 1.807) is 0 Å². The molecule has 2 N–H and O–H groups in total. The van der Waals surface area contributed by atoms with E-state index < -0.39 is 0 Å². The Morgan fingerprint density at radius 1 is 1.47 bits per heavy atom. The Bertz CT molecular complexity index is 515. The molecule has 1 aromatic carbocycles. The minimum Gasteiger partial charge on any atom is -0.512 e. The first kappa shape index (κ1) is 10.3. The molecule has 0 amide bonds. The maximum absolute atomic E-state index is 9.33. The highest BCUT2D eigenvalue weighted by Gasteiger charge is 2.11. The Morgan fingerprint density at radius 3 is 2.87 bits per heavy atom. The van der Waals surface area contributed by atoms with Gasteiger partial charge in [-0.25, -0.2) is 0 Å². The van der Waals surface area contributed by atoms with Crippen molar-refractivity contribution in [2.45, 2.75) is 12.8 Å². The highest BCUT2D eigenvalue weighted by Crippen LogP contribution is 2.26. The lowest BCUT2D eigenvalue weighted by Gasteiger charge is -2.05. The molecule has 0 saturated carbocycles. The van der Waals surface area contributed by atoms with Crippen molar-refractivity contribution in [3.05, 3.63) is 46.8 Å². The van der Waals surface area contributed by atoms with E-state index in [-0.39, 0.29) is 11.7 Å². The van der Waals surface area contributed by atoms with Gasteiger partial charge in [0.2, 0.25) is 0 Å². The summed E-state index contributed by atoms with van der Waals surface area (Å²) in [5, 5.41) is 10.5. The van der Waals surface area contributed by atoms with E-state index in [0.717, 1.165) is 21.1 Å². The van der Waals surface area contributed by atoms with Gasteiger partial charge in [0.15, 0.2) is 0 Å². The fraction of sp³-hybridized carbons (Fsp3) is 0.167. The number of hydrogen-bond donors (Lipinski definition) is 2. The van der Waals surface area contributed by atoms with Crippen molar-refractivity contribution in [2.24, 2.45) is 0 Å². The number of nitrogens with one attached hydrogen (secondary N) is 1. The zero-order chi connectivity index (χ0) is 11.0. The first-order valence-corrected chi connectivity index (χ1v) is 5.53. The minimum atomic E-state index is -0.0591. The zero-order valence-electron chi connectivity index (χ0n) is 8.42. The second kappa shape index (κ2) is 3.74. The molecule has 0 bridgehead atoms. The number of rotatable bonds is 2. The van der Waals surface area contributed by atoms with E-state index in [1.165, 1.54) is 0 Å². The van der Waals surface area contributed by atoms with Crippen LogP contribution in [0, 0.1) is 0 Å². The molecular weight excluding hydrogens is 254 g/mol. The molecule has 15 heavy (non-hydrogen) atoms. The third kappa shape index (κ3) is 1.92. The summed E-state index contributed by atoms with van der Waals surface area (Å²) in [4.78, 5) is 3.26. The van der Waals surface area contributed by atoms with E-state index in [1.807, 2.05) is 31.2 Å². The van der Waals surface area contributed by atoms with Crippen molar-refractivity contribution >= 4 is 26.8 Å². The smallest absolute Gasteiger partial charge is 0.0937 e. The van der Waals surface area contributed by atoms with Gasteiger partial charge in [0, 0.05) is 21.1 Å². The largest absolute Gasteiger partial charge is 0.512 e. The van der Waals surface area contributed by atoms with Crippen LogP contribution in [0.5, 0.6) is 0 Å². The summed E-state index contributed by atoms with van der Waals surface area (Å²) < 4.78 is 1.05. The lowest BCUT2D eigenvalue weighted by molar-refractivity contribution is 0.376. The van der Waals surface area contributed by atoms with E-state index in [2.05, 4.69) is 27.5 Å². The first-order chi connectivity index (χ1) is 7.08. The number of hydrogen-bond acceptors (Lipinski definition) is 1. The number of H-pyrrole nitrogens is 1. The normalized spacial score (nSPS) is 12.9. The van der Waals surface area contributed by atoms with Gasteiger partial charge in [0.05, 0.1) is 11.7 Å². The van der Waals surface area contributed by atoms with Gasteiger partial charge >= 0.3 is 0 Å². The monoisotopic (exact) mass is 265 g/mol. The van der Waals surface area contributed by atoms with Crippen LogP contribution in [-0.4, -0.2) is 10.1 Å². The third-order valence-electron chi connectivity index (χ3n) is 2.57. The molecule has 0 saturated heterocycles. The van der Waals surface area contributed by atoms with Crippen molar-refractivity contribution in [2.75, 3.05) is 0 Å². The molecular formula is C12H12BrNO. The van der Waals surface area contributed by atoms with Crippen LogP contribution in [-0.2, 0) is 0 Å². The Kier molecular flexibility index (Phi) is 2.57. The fourth-order valence-corrected chi connectivity index (χ4v) is 1.92. The highest BCUT2D eigenvalue weighted by atomic mass is 79.9. The second-order valence-corrected chi connectivity index (χ2v) is 4.58. The van der Waals surface area contributed by atoms with Crippen LogP contribution in [0.4, 0.5) is 0 Å². The van der Waals surface area contributed by atoms with E-state index in [9.17, 15) is 5.11 Å². The summed E-state index contributed by atoms with van der Waals surface area (Å²) >= 11 is 3.43. The minimum absolute atomic E-state index is 0.0591. The molecule has 1 heterocycles. The molecule has 0 aliphatic rings. The lowest BCUT2D eigenvalue weighted by Crippen LogP contribution is -1.95. The molecule has 0 aliphatic heterocycles. The van der Waals surface area contributed by atoms with Gasteiger partial charge in [0.25, 0.3) is 0 Å². The molecule has 0 radical (unpaired) electrons. The van der Waals surface area contributed by atoms with Crippen LogP contribution in [0.1, 0.15) is 18.5 Å². The summed E-state index contributed by atoms with van der Waals surface area (Å²) in [5.41, 5.74) is 2.05. The van der Waals surface area contributed by atoms with Crippen LogP contribution >= 0.6 is 15.9 Å². The van der Waals surface area contributed by atoms with Crippen molar-refractivity contribution < 1.29 is 5.11 Å². The molecule has 0 spiro atoms. The summed E-state index contributed by atoms with van der Waals surface area (Å²) in [7, 11) is 0. The predicted molar refractivity (Wildman–Crippen MR) is 66.2 cm³/mol. The van der Waals surface area contributed by atoms with Gasteiger partial charge in [-0.3, -0.25) is 0 Å². The van der Waals surface area contributed by atoms with Crippen LogP contribution in [0.15, 0.2) is 41.1 Å². The Labute approximate surface area is 96.8 Å². The number of aromatic nitrogens is 1. The molecule has 0 fully saturated rings. The molecule has 0 aliphatic carbocycles. The molecule has 2 nitrogen and oxygen atoms in total. The van der Waals surface area contributed by atoms with Gasteiger partial charge in [-0.05, 0) is 31.2 Å². The van der Waals surface area contributed by atoms with Gasteiger partial charge in [0.1, 0.15) is 0 Å². The summed E-state index contributed by atoms with van der Waals surface area (Å²) in [6.45, 7) is 5.46. The topological polar surface area (TPSA) is 36.0 Å². The maximum Gasteiger partial charge on any atom is 0.0937 e. The highest BCUT2D eigenvalue weighted by molar-refractivity contribution is 9.10. The Morgan fingerprint density at radius 2 is 2.20 bits per heavy atom. The van der Waals surface area contributed by atoms with E-state index in [0.29, 0.717) is 0 Å². The van der Waals surface area contributed by atoms with E-state index >= 15 is 0 Å². The molecule has 1 unspecified atom stereocenters. The quantitative estimate of drug-likeness (QED) is 0.788. The molecule has 1 atom stereocenters. The summed E-state index contributed by atoms with van der Waals surface area (Å²) in [6.07, 6.45) is 0. The average molecular weight is 266 g/mol. The average Bonchev–Trinajstić information content (AvgIpc) is 2.58. The number of benzene rings is 1. The summed E-state index contributed by atoms with van der Waals surface area (Å²) in [5.74, 6) is 0.122. The Balaban J connectivity index is 2.51. The van der Waals surface area contributed by atoms with Crippen molar-refractivity contribution in [1.29, 1.82) is 0 Å². The maximum atomic E-state index is 9.33. The van der Waals surface area contributed by atoms with Crippen molar-refractivity contribution in [3.8, 4) is 0 Å². The van der Waals surface area contributed by atoms with Crippen LogP contribution in [0.2, 0.25) is 0 Å². The predicted octanol–water partition coefficient (Wildman–Crippen LogP) is 4.11. The fourth-order valence-electron chi connectivity index (χ4n) is 1.54. The molecule has 2 aromatic rings. The molecule has 1 aromatic heterocycles. The van der Waals surface area contributed by atoms with E-state index in [4.69, 9.17) is 0 Å². The SMILES string of the molecule is C=C(O)C(C)c1cc2cc(Br)ccc2[nH]1. The van der Waals surface area contributed by atoms with Crippen LogP contribution < -0.4 is 0 Å². The first-order valence-electron chi connectivity index (χ1n) is 4.74. The zero-order valence-corrected chi connectivity index (χ0v) is 10.0. The van der Waals surface area contributed by atoms with Crippen LogP contribution in [0.3, 0.4) is 0 Å². The number of fused-ring (bicyclic) bond motifs is 1. The van der Waals surface area contributed by atoms with Gasteiger partial charge in [-0.1, -0.05) is 22.5 Å². The van der Waals surface area contributed by atoms with Gasteiger partial charge in [-0.15, -0.1) is 0 Å². The Hall–Kier alpha value is -1.22. The molecule has 78 valence electrons. The second-order valence-electron chi connectivity index (χ2n) is 3.67. The lowest BCUT2D eigenvalue weighted by atomic mass is 10.1. The van der Waals surface area contributed by atoms with Gasteiger partial charge < -0.3 is 10.1 Å². The number of aliphatic hydroxyl groups excluding tert-OH is 1. The molecule has 3 heteroatoms. The van der Waals surface area contributed by atoms with Crippen molar-refractivity contribution in [1.82, 2.24) is 4.98 Å². The number of aliphatic hydroxyl groups is 1. The third-order valence-corrected chi connectivity index (χ3v) is 3.06. The number of aromatic amines is 1. The summed E-state index contributed by atoms with van der Waals surface area (Å²) in [6, 6.07) is 8.07. The number of allylic oxidation sites excluding steroid dienone is 1. The van der Waals surface area contributed by atoms with Gasteiger partial charge in [-0.2, -0.15) is 0 Å². The van der Waals surface area contributed by atoms with Crippen molar-refractivity contribution in [3.63, 3.8) is 0 Å². The number of halogens is 1. The van der Waals surface area contributed by atoms with Crippen LogP contribution in [0.25, 0.3) is 10.9 Å².